The highest BCUT2D eigenvalue weighted by atomic mass is 16.3. The average Bonchev–Trinajstić information content (AvgIpc) is 3.59. The van der Waals surface area contributed by atoms with Crippen LogP contribution in [0, 0.1) is 17.3 Å². The van der Waals surface area contributed by atoms with Crippen molar-refractivity contribution in [1.29, 1.82) is 0 Å². The molecule has 1 unspecified atom stereocenters. The first kappa shape index (κ1) is 30.5. The summed E-state index contributed by atoms with van der Waals surface area (Å²) >= 11 is 0. The van der Waals surface area contributed by atoms with E-state index in [9.17, 15) is 24.3 Å². The number of fused-ring (bicyclic) bond motifs is 2. The van der Waals surface area contributed by atoms with Gasteiger partial charge in [0.05, 0.1) is 12.1 Å². The summed E-state index contributed by atoms with van der Waals surface area (Å²) in [6.07, 6.45) is 3.86. The number of hydrogen-bond acceptors (Lipinski definition) is 6. The summed E-state index contributed by atoms with van der Waals surface area (Å²) < 4.78 is 0. The van der Waals surface area contributed by atoms with Gasteiger partial charge in [-0.05, 0) is 55.1 Å². The first-order chi connectivity index (χ1) is 19.3. The monoisotopic (exact) mass is 568 g/mol. The van der Waals surface area contributed by atoms with Crippen LogP contribution in [-0.2, 0) is 25.6 Å². The zero-order chi connectivity index (χ0) is 30.1. The number of aromatic nitrogens is 1. The average molecular weight is 569 g/mol. The maximum atomic E-state index is 14.0. The fourth-order valence-electron chi connectivity index (χ4n) is 6.50. The number of likely N-dealkylation sites (tertiary alicyclic amines) is 1. The third-order valence-corrected chi connectivity index (χ3v) is 8.41. The van der Waals surface area contributed by atoms with E-state index in [-0.39, 0.29) is 29.6 Å². The maximum absolute atomic E-state index is 14.0. The lowest BCUT2D eigenvalue weighted by Crippen LogP contribution is -2.60. The van der Waals surface area contributed by atoms with Gasteiger partial charge in [-0.1, -0.05) is 45.4 Å². The number of aromatic amines is 1. The lowest BCUT2D eigenvalue weighted by atomic mass is 9.87. The summed E-state index contributed by atoms with van der Waals surface area (Å²) in [5.74, 6) is -2.05. The molecular formula is C30H44N6O5. The van der Waals surface area contributed by atoms with Crippen molar-refractivity contribution in [2.75, 3.05) is 6.54 Å². The number of aliphatic hydroxyl groups excluding tert-OH is 1. The van der Waals surface area contributed by atoms with Crippen molar-refractivity contribution in [3.63, 3.8) is 0 Å². The normalized spacial score (nSPS) is 23.5. The van der Waals surface area contributed by atoms with Crippen LogP contribution in [0.5, 0.6) is 0 Å². The first-order valence-electron chi connectivity index (χ1n) is 14.5. The zero-order valence-electron chi connectivity index (χ0n) is 24.4. The second kappa shape index (κ2) is 12.2. The molecule has 11 nitrogen and oxygen atoms in total. The van der Waals surface area contributed by atoms with Gasteiger partial charge in [-0.3, -0.25) is 19.2 Å². The molecule has 2 heterocycles. The largest absolute Gasteiger partial charge is 0.391 e. The second-order valence-electron chi connectivity index (χ2n) is 12.9. The number of amides is 4. The van der Waals surface area contributed by atoms with Crippen LogP contribution in [0.1, 0.15) is 58.9 Å². The van der Waals surface area contributed by atoms with Crippen LogP contribution in [0.2, 0.25) is 0 Å². The second-order valence-corrected chi connectivity index (χ2v) is 12.9. The van der Waals surface area contributed by atoms with E-state index in [0.717, 1.165) is 35.7 Å². The van der Waals surface area contributed by atoms with E-state index in [4.69, 9.17) is 11.5 Å². The van der Waals surface area contributed by atoms with Gasteiger partial charge < -0.3 is 37.1 Å². The van der Waals surface area contributed by atoms with Crippen molar-refractivity contribution < 1.29 is 24.3 Å². The zero-order valence-corrected chi connectivity index (χ0v) is 24.4. The summed E-state index contributed by atoms with van der Waals surface area (Å²) in [5.41, 5.74) is 13.3. The highest BCUT2D eigenvalue weighted by molar-refractivity contribution is 5.96. The summed E-state index contributed by atoms with van der Waals surface area (Å²) in [7, 11) is 0. The van der Waals surface area contributed by atoms with Crippen LogP contribution in [0.3, 0.4) is 0 Å². The molecule has 11 heteroatoms. The summed E-state index contributed by atoms with van der Waals surface area (Å²) in [6.45, 7) is 7.87. The van der Waals surface area contributed by atoms with Crippen molar-refractivity contribution in [1.82, 2.24) is 20.5 Å². The third-order valence-electron chi connectivity index (χ3n) is 8.41. The maximum Gasteiger partial charge on any atom is 0.243 e. The predicted molar refractivity (Wildman–Crippen MR) is 155 cm³/mol. The van der Waals surface area contributed by atoms with E-state index < -0.39 is 48.0 Å². The Labute approximate surface area is 240 Å². The minimum atomic E-state index is -1.33. The first-order valence-corrected chi connectivity index (χ1v) is 14.5. The Morgan fingerprint density at radius 3 is 2.51 bits per heavy atom. The lowest BCUT2D eigenvalue weighted by Gasteiger charge is -2.32. The van der Waals surface area contributed by atoms with Crippen LogP contribution in [-0.4, -0.2) is 75.4 Å². The van der Waals surface area contributed by atoms with Gasteiger partial charge in [0.1, 0.15) is 18.1 Å². The molecule has 1 saturated carbocycles. The molecule has 1 saturated heterocycles. The molecule has 1 aromatic heterocycles. The Hall–Kier alpha value is -3.44. The minimum absolute atomic E-state index is 0.0200. The van der Waals surface area contributed by atoms with E-state index in [1.807, 2.05) is 45.0 Å². The van der Waals surface area contributed by atoms with E-state index in [2.05, 4.69) is 15.6 Å². The van der Waals surface area contributed by atoms with Gasteiger partial charge >= 0.3 is 0 Å². The molecule has 0 bridgehead atoms. The molecule has 41 heavy (non-hydrogen) atoms. The predicted octanol–water partition coefficient (Wildman–Crippen LogP) is 0.937. The summed E-state index contributed by atoms with van der Waals surface area (Å²) in [4.78, 5) is 57.8. The highest BCUT2D eigenvalue weighted by Gasteiger charge is 2.50. The highest BCUT2D eigenvalue weighted by Crippen LogP contribution is 2.42. The van der Waals surface area contributed by atoms with Crippen LogP contribution in [0.25, 0.3) is 10.9 Å². The number of carbonyl (C=O) groups is 4. The van der Waals surface area contributed by atoms with Gasteiger partial charge in [0.2, 0.25) is 23.6 Å². The number of rotatable bonds is 10. The molecule has 4 rings (SSSR count). The van der Waals surface area contributed by atoms with Crippen molar-refractivity contribution in [3.05, 3.63) is 36.0 Å². The topological polar surface area (TPSA) is 184 Å². The van der Waals surface area contributed by atoms with E-state index in [0.29, 0.717) is 13.0 Å². The molecular weight excluding hydrogens is 524 g/mol. The smallest absolute Gasteiger partial charge is 0.243 e. The Morgan fingerprint density at radius 2 is 1.85 bits per heavy atom. The standard InChI is InChI=1S/C30H44N6O5/c1-16(37)24(26(32)38)35-27(39)23(12-18-14-33-22-11-6-5-9-19(18)22)34-28(40)25-20-10-7-8-17(20)15-36(25)29(41)21(31)13-30(2,3)4/h5-6,9,11,14,16-17,20-21,23-25,33,37H,7-8,10,12-13,15,31H2,1-4H3,(H2,32,38)(H,34,40)(H,35,39)/t16-,17?,20-,21+,23+,24-,25+/m1/s1. The van der Waals surface area contributed by atoms with Crippen LogP contribution in [0.15, 0.2) is 30.5 Å². The molecule has 8 N–H and O–H groups in total. The third kappa shape index (κ3) is 6.90. The van der Waals surface area contributed by atoms with Crippen LogP contribution in [0.4, 0.5) is 0 Å². The number of para-hydroxylation sites is 1. The van der Waals surface area contributed by atoms with Crippen molar-refractivity contribution in [2.45, 2.75) is 90.1 Å². The Kier molecular flexibility index (Phi) is 9.08. The molecule has 7 atom stereocenters. The number of nitrogens with zero attached hydrogens (tertiary/aromatic N) is 1. The Balaban J connectivity index is 1.61. The Morgan fingerprint density at radius 1 is 1.15 bits per heavy atom. The SMILES string of the molecule is C[C@@H](O)[C@@H](NC(=O)[C@H](Cc1c[nH]c2ccccc12)NC(=O)[C@@H]1[C@@H]2CCCC2CN1C(=O)[C@@H](N)CC(C)(C)C)C(N)=O. The number of carbonyl (C=O) groups excluding carboxylic acids is 4. The molecule has 1 aliphatic heterocycles. The van der Waals surface area contributed by atoms with Crippen molar-refractivity contribution in [2.24, 2.45) is 28.7 Å². The fraction of sp³-hybridized carbons (Fsp3) is 0.600. The van der Waals surface area contributed by atoms with Crippen molar-refractivity contribution in [3.8, 4) is 0 Å². The molecule has 1 aromatic carbocycles. The molecule has 0 radical (unpaired) electrons. The molecule has 1 aliphatic carbocycles. The Bertz CT molecular complexity index is 1280. The van der Waals surface area contributed by atoms with Crippen LogP contribution >= 0.6 is 0 Å². The van der Waals surface area contributed by atoms with Gasteiger partial charge in [0, 0.05) is 30.1 Å². The van der Waals surface area contributed by atoms with Crippen LogP contribution < -0.4 is 22.1 Å². The molecule has 2 aliphatic rings. The number of benzene rings is 1. The number of hydrogen-bond donors (Lipinski definition) is 6. The molecule has 2 fully saturated rings. The molecule has 4 amide bonds. The van der Waals surface area contributed by atoms with E-state index in [1.54, 1.807) is 11.1 Å². The van der Waals surface area contributed by atoms with Gasteiger partial charge in [-0.2, -0.15) is 0 Å². The van der Waals surface area contributed by atoms with E-state index >= 15 is 0 Å². The molecule has 2 aromatic rings. The molecule has 224 valence electrons. The summed E-state index contributed by atoms with van der Waals surface area (Å²) in [6, 6.07) is 3.69. The minimum Gasteiger partial charge on any atom is -0.391 e. The number of nitrogens with one attached hydrogen (secondary N) is 3. The van der Waals surface area contributed by atoms with Crippen molar-refractivity contribution >= 4 is 34.5 Å². The lowest BCUT2D eigenvalue weighted by molar-refractivity contribution is -0.142. The number of nitrogens with two attached hydrogens (primary N) is 2. The van der Waals surface area contributed by atoms with Gasteiger partial charge in [-0.15, -0.1) is 0 Å². The van der Waals surface area contributed by atoms with Gasteiger partial charge in [-0.25, -0.2) is 0 Å². The molecule has 0 spiro atoms. The van der Waals surface area contributed by atoms with Gasteiger partial charge in [0.15, 0.2) is 0 Å². The number of H-pyrrole nitrogens is 1. The number of aliphatic hydroxyl groups is 1. The summed E-state index contributed by atoms with van der Waals surface area (Å²) in [5, 5.41) is 16.3. The number of primary amides is 1. The van der Waals surface area contributed by atoms with Gasteiger partial charge in [0.25, 0.3) is 0 Å². The van der Waals surface area contributed by atoms with E-state index in [1.165, 1.54) is 6.92 Å². The quantitative estimate of drug-likeness (QED) is 0.248. The fourth-order valence-corrected chi connectivity index (χ4v) is 6.50.